The number of rotatable bonds is 5. The molecule has 4 heteroatoms. The van der Waals surface area contributed by atoms with Crippen molar-refractivity contribution < 1.29 is 4.74 Å². The maximum Gasteiger partial charge on any atom is 0.217 e. The summed E-state index contributed by atoms with van der Waals surface area (Å²) < 4.78 is 5.35. The standard InChI is InChI=1S/C15H23N3O/c1-19-15-13(3-2-6-17-15)14(18-16)9-12-8-10-4-5-11(12)7-10/h2-3,6,10-12,14,18H,4-5,7-9,16H2,1H3. The van der Waals surface area contributed by atoms with E-state index >= 15 is 0 Å². The Bertz CT molecular complexity index is 437. The van der Waals surface area contributed by atoms with Crippen molar-refractivity contribution >= 4 is 0 Å². The summed E-state index contributed by atoms with van der Waals surface area (Å²) in [6, 6.07) is 4.15. The molecular formula is C15H23N3O. The lowest BCUT2D eigenvalue weighted by atomic mass is 9.83. The summed E-state index contributed by atoms with van der Waals surface area (Å²) in [5.41, 5.74) is 4.04. The predicted octanol–water partition coefficient (Wildman–Crippen LogP) is 2.42. The van der Waals surface area contributed by atoms with Crippen LogP contribution < -0.4 is 16.0 Å². The van der Waals surface area contributed by atoms with Crippen LogP contribution in [0.5, 0.6) is 5.88 Å². The van der Waals surface area contributed by atoms with Crippen LogP contribution in [0.4, 0.5) is 0 Å². The van der Waals surface area contributed by atoms with Gasteiger partial charge in [-0.3, -0.25) is 11.3 Å². The fourth-order valence-corrected chi connectivity index (χ4v) is 4.09. The lowest BCUT2D eigenvalue weighted by Crippen LogP contribution is -2.31. The molecule has 3 N–H and O–H groups in total. The van der Waals surface area contributed by atoms with Gasteiger partial charge in [0, 0.05) is 11.8 Å². The number of fused-ring (bicyclic) bond motifs is 2. The molecule has 0 spiro atoms. The van der Waals surface area contributed by atoms with E-state index in [1.165, 1.54) is 25.7 Å². The van der Waals surface area contributed by atoms with Crippen molar-refractivity contribution in [2.75, 3.05) is 7.11 Å². The van der Waals surface area contributed by atoms with Crippen LogP contribution >= 0.6 is 0 Å². The Hall–Kier alpha value is -1.13. The minimum Gasteiger partial charge on any atom is -0.481 e. The van der Waals surface area contributed by atoms with Crippen LogP contribution in [0.1, 0.15) is 43.7 Å². The number of methoxy groups -OCH3 is 1. The molecule has 1 aromatic rings. The molecule has 2 saturated carbocycles. The molecule has 3 rings (SSSR count). The van der Waals surface area contributed by atoms with Crippen molar-refractivity contribution in [1.29, 1.82) is 0 Å². The summed E-state index contributed by atoms with van der Waals surface area (Å²) in [6.45, 7) is 0. The molecule has 0 aliphatic heterocycles. The van der Waals surface area contributed by atoms with E-state index in [2.05, 4.69) is 16.5 Å². The molecule has 2 fully saturated rings. The molecule has 4 nitrogen and oxygen atoms in total. The van der Waals surface area contributed by atoms with Gasteiger partial charge in [0.05, 0.1) is 13.2 Å². The molecule has 4 unspecified atom stereocenters. The van der Waals surface area contributed by atoms with E-state index in [9.17, 15) is 0 Å². The lowest BCUT2D eigenvalue weighted by molar-refractivity contribution is 0.275. The van der Waals surface area contributed by atoms with Crippen molar-refractivity contribution in [2.45, 2.75) is 38.1 Å². The molecule has 104 valence electrons. The topological polar surface area (TPSA) is 60.2 Å². The molecule has 2 bridgehead atoms. The van der Waals surface area contributed by atoms with Gasteiger partial charge in [-0.05, 0) is 49.5 Å². The fraction of sp³-hybridized carbons (Fsp3) is 0.667. The zero-order valence-corrected chi connectivity index (χ0v) is 11.5. The number of aromatic nitrogens is 1. The maximum atomic E-state index is 5.77. The van der Waals surface area contributed by atoms with Gasteiger partial charge in [-0.25, -0.2) is 4.98 Å². The van der Waals surface area contributed by atoms with Crippen molar-refractivity contribution in [3.63, 3.8) is 0 Å². The first kappa shape index (κ1) is 12.9. The first-order valence-corrected chi connectivity index (χ1v) is 7.26. The highest BCUT2D eigenvalue weighted by atomic mass is 16.5. The summed E-state index contributed by atoms with van der Waals surface area (Å²) in [4.78, 5) is 4.27. The van der Waals surface area contributed by atoms with Crippen molar-refractivity contribution in [1.82, 2.24) is 10.4 Å². The molecule has 4 atom stereocenters. The summed E-state index contributed by atoms with van der Waals surface area (Å²) in [6.07, 6.45) is 8.53. The van der Waals surface area contributed by atoms with Crippen LogP contribution in [0.2, 0.25) is 0 Å². The third-order valence-electron chi connectivity index (χ3n) is 4.99. The second-order valence-corrected chi connectivity index (χ2v) is 5.99. The van der Waals surface area contributed by atoms with Crippen LogP contribution in [-0.4, -0.2) is 12.1 Å². The van der Waals surface area contributed by atoms with Crippen LogP contribution in [-0.2, 0) is 0 Å². The molecule has 0 amide bonds. The molecule has 19 heavy (non-hydrogen) atoms. The second kappa shape index (κ2) is 5.47. The highest BCUT2D eigenvalue weighted by Gasteiger charge is 2.40. The van der Waals surface area contributed by atoms with Crippen LogP contribution in [0.15, 0.2) is 18.3 Å². The highest BCUT2D eigenvalue weighted by Crippen LogP contribution is 2.51. The van der Waals surface area contributed by atoms with E-state index in [0.29, 0.717) is 5.88 Å². The molecule has 0 saturated heterocycles. The first-order valence-electron chi connectivity index (χ1n) is 7.26. The third kappa shape index (κ3) is 2.47. The summed E-state index contributed by atoms with van der Waals surface area (Å²) in [5, 5.41) is 0. The maximum absolute atomic E-state index is 5.77. The van der Waals surface area contributed by atoms with Gasteiger partial charge in [0.25, 0.3) is 0 Å². The van der Waals surface area contributed by atoms with Crippen LogP contribution in [0, 0.1) is 17.8 Å². The average Bonchev–Trinajstić information content (AvgIpc) is 3.07. The normalized spacial score (nSPS) is 30.5. The van der Waals surface area contributed by atoms with E-state index in [-0.39, 0.29) is 6.04 Å². The van der Waals surface area contributed by atoms with E-state index in [1.54, 1.807) is 13.3 Å². The van der Waals surface area contributed by atoms with Gasteiger partial charge in [-0.2, -0.15) is 0 Å². The third-order valence-corrected chi connectivity index (χ3v) is 4.99. The van der Waals surface area contributed by atoms with E-state index in [1.807, 2.05) is 6.07 Å². The molecule has 2 aliphatic carbocycles. The Labute approximate surface area is 114 Å². The first-order chi connectivity index (χ1) is 9.31. The van der Waals surface area contributed by atoms with Gasteiger partial charge in [-0.1, -0.05) is 12.5 Å². The Morgan fingerprint density at radius 2 is 2.37 bits per heavy atom. The second-order valence-electron chi connectivity index (χ2n) is 5.99. The van der Waals surface area contributed by atoms with Gasteiger partial charge in [0.1, 0.15) is 0 Å². The monoisotopic (exact) mass is 261 g/mol. The van der Waals surface area contributed by atoms with E-state index < -0.39 is 0 Å². The molecule has 2 aliphatic rings. The molecule has 0 aromatic carbocycles. The van der Waals surface area contributed by atoms with Crippen molar-refractivity contribution in [3.8, 4) is 5.88 Å². The van der Waals surface area contributed by atoms with E-state index in [4.69, 9.17) is 10.6 Å². The summed E-state index contributed by atoms with van der Waals surface area (Å²) in [5.74, 6) is 9.17. The Balaban J connectivity index is 1.73. The summed E-state index contributed by atoms with van der Waals surface area (Å²) >= 11 is 0. The Morgan fingerprint density at radius 1 is 1.47 bits per heavy atom. The molecular weight excluding hydrogens is 238 g/mol. The largest absolute Gasteiger partial charge is 0.481 e. The number of ether oxygens (including phenoxy) is 1. The van der Waals surface area contributed by atoms with E-state index in [0.717, 1.165) is 29.7 Å². The number of nitrogens with zero attached hydrogens (tertiary/aromatic N) is 1. The number of hydrazine groups is 1. The molecule has 1 heterocycles. The smallest absolute Gasteiger partial charge is 0.217 e. The van der Waals surface area contributed by atoms with Gasteiger partial charge < -0.3 is 4.74 Å². The predicted molar refractivity (Wildman–Crippen MR) is 74.4 cm³/mol. The Kier molecular flexibility index (Phi) is 3.71. The van der Waals surface area contributed by atoms with Gasteiger partial charge in [0.2, 0.25) is 5.88 Å². The van der Waals surface area contributed by atoms with Gasteiger partial charge >= 0.3 is 0 Å². The minimum atomic E-state index is 0.146. The average molecular weight is 261 g/mol. The number of pyridine rings is 1. The SMILES string of the molecule is COc1ncccc1C(CC1CC2CCC1C2)NN. The fourth-order valence-electron chi connectivity index (χ4n) is 4.09. The van der Waals surface area contributed by atoms with Crippen LogP contribution in [0.25, 0.3) is 0 Å². The van der Waals surface area contributed by atoms with Gasteiger partial charge in [-0.15, -0.1) is 0 Å². The van der Waals surface area contributed by atoms with Gasteiger partial charge in [0.15, 0.2) is 0 Å². The van der Waals surface area contributed by atoms with Crippen molar-refractivity contribution in [3.05, 3.63) is 23.9 Å². The van der Waals surface area contributed by atoms with Crippen molar-refractivity contribution in [2.24, 2.45) is 23.6 Å². The quantitative estimate of drug-likeness (QED) is 0.631. The number of nitrogens with two attached hydrogens (primary N) is 1. The van der Waals surface area contributed by atoms with Crippen LogP contribution in [0.3, 0.4) is 0 Å². The number of hydrogen-bond acceptors (Lipinski definition) is 4. The molecule has 0 radical (unpaired) electrons. The highest BCUT2D eigenvalue weighted by molar-refractivity contribution is 5.29. The minimum absolute atomic E-state index is 0.146. The molecule has 1 aromatic heterocycles. The lowest BCUT2D eigenvalue weighted by Gasteiger charge is -2.27. The number of hydrogen-bond donors (Lipinski definition) is 2. The summed E-state index contributed by atoms with van der Waals surface area (Å²) in [7, 11) is 1.66. The zero-order chi connectivity index (χ0) is 13.2. The Morgan fingerprint density at radius 3 is 3.00 bits per heavy atom. The zero-order valence-electron chi connectivity index (χ0n) is 11.5. The number of nitrogens with one attached hydrogen (secondary N) is 1.